The molecule has 2 aliphatic rings. The van der Waals surface area contributed by atoms with Gasteiger partial charge in [-0.15, -0.1) is 0 Å². The summed E-state index contributed by atoms with van der Waals surface area (Å²) in [6, 6.07) is 0.146. The third-order valence-electron chi connectivity index (χ3n) is 5.06. The van der Waals surface area contributed by atoms with E-state index in [1.165, 1.54) is 0 Å². The van der Waals surface area contributed by atoms with Gasteiger partial charge in [0.15, 0.2) is 0 Å². The molecule has 1 heterocycles. The summed E-state index contributed by atoms with van der Waals surface area (Å²) >= 11 is 0. The smallest absolute Gasteiger partial charge is 0.211 e. The lowest BCUT2D eigenvalue weighted by molar-refractivity contribution is 0.0655. The summed E-state index contributed by atoms with van der Waals surface area (Å²) in [6.45, 7) is 8.06. The Balaban J connectivity index is 1.76. The summed E-state index contributed by atoms with van der Waals surface area (Å²) in [5, 5.41) is 0. The highest BCUT2D eigenvalue weighted by atomic mass is 32.2. The van der Waals surface area contributed by atoms with Crippen molar-refractivity contribution in [3.8, 4) is 0 Å². The topological polar surface area (TPSA) is 55.4 Å². The van der Waals surface area contributed by atoms with Gasteiger partial charge in [0.25, 0.3) is 0 Å². The fourth-order valence-corrected chi connectivity index (χ4v) is 4.38. The normalized spacial score (nSPS) is 32.7. The van der Waals surface area contributed by atoms with Gasteiger partial charge in [0.2, 0.25) is 10.0 Å². The molecule has 2 fully saturated rings. The number of rotatable bonds is 6. The van der Waals surface area contributed by atoms with Crippen LogP contribution in [0.2, 0.25) is 0 Å². The van der Waals surface area contributed by atoms with Gasteiger partial charge in [-0.25, -0.2) is 13.1 Å². The molecule has 0 bridgehead atoms. The molecule has 0 radical (unpaired) electrons. The molecule has 2 unspecified atom stereocenters. The fraction of sp³-hybridized carbons (Fsp3) is 1.00. The van der Waals surface area contributed by atoms with Crippen LogP contribution in [0.3, 0.4) is 0 Å². The second-order valence-electron chi connectivity index (χ2n) is 6.70. The zero-order valence-corrected chi connectivity index (χ0v) is 13.1. The van der Waals surface area contributed by atoms with Crippen molar-refractivity contribution in [2.75, 3.05) is 19.0 Å². The standard InChI is InChI=1S/C14H27NO3S/c1-11(2)14(3)10-13(14)15-19(16,17)9-6-12-4-7-18-8-5-12/h11-13,15H,4-10H2,1-3H3. The quantitative estimate of drug-likeness (QED) is 0.815. The van der Waals surface area contributed by atoms with E-state index in [4.69, 9.17) is 4.74 Å². The van der Waals surface area contributed by atoms with E-state index in [-0.39, 0.29) is 17.2 Å². The number of ether oxygens (including phenoxy) is 1. The molecule has 1 aliphatic heterocycles. The highest BCUT2D eigenvalue weighted by molar-refractivity contribution is 7.89. The van der Waals surface area contributed by atoms with Crippen LogP contribution in [-0.2, 0) is 14.8 Å². The average molecular weight is 289 g/mol. The molecule has 1 saturated carbocycles. The molecule has 1 N–H and O–H groups in total. The van der Waals surface area contributed by atoms with Crippen LogP contribution in [0.15, 0.2) is 0 Å². The van der Waals surface area contributed by atoms with Crippen LogP contribution >= 0.6 is 0 Å². The van der Waals surface area contributed by atoms with E-state index in [1.54, 1.807) is 0 Å². The van der Waals surface area contributed by atoms with E-state index in [0.29, 0.717) is 11.8 Å². The summed E-state index contributed by atoms with van der Waals surface area (Å²) in [4.78, 5) is 0. The van der Waals surface area contributed by atoms with Crippen molar-refractivity contribution < 1.29 is 13.2 Å². The van der Waals surface area contributed by atoms with E-state index >= 15 is 0 Å². The average Bonchev–Trinajstić information content (AvgIpc) is 3.00. The molecule has 0 amide bonds. The monoisotopic (exact) mass is 289 g/mol. The molecule has 112 valence electrons. The van der Waals surface area contributed by atoms with Crippen molar-refractivity contribution in [2.24, 2.45) is 17.3 Å². The molecule has 2 rings (SSSR count). The van der Waals surface area contributed by atoms with Gasteiger partial charge in [-0.3, -0.25) is 0 Å². The second kappa shape index (κ2) is 5.70. The number of hydrogen-bond donors (Lipinski definition) is 1. The van der Waals surface area contributed by atoms with Crippen molar-refractivity contribution in [3.05, 3.63) is 0 Å². The minimum Gasteiger partial charge on any atom is -0.381 e. The van der Waals surface area contributed by atoms with Gasteiger partial charge in [-0.05, 0) is 42.9 Å². The van der Waals surface area contributed by atoms with Gasteiger partial charge in [0, 0.05) is 19.3 Å². The SMILES string of the molecule is CC(C)C1(C)CC1NS(=O)(=O)CCC1CCOCC1. The lowest BCUT2D eigenvalue weighted by Gasteiger charge is -2.22. The van der Waals surface area contributed by atoms with Crippen LogP contribution in [0.4, 0.5) is 0 Å². The van der Waals surface area contributed by atoms with E-state index < -0.39 is 10.0 Å². The Morgan fingerprint density at radius 2 is 1.95 bits per heavy atom. The zero-order chi connectivity index (χ0) is 14.1. The largest absolute Gasteiger partial charge is 0.381 e. The number of hydrogen-bond acceptors (Lipinski definition) is 3. The Labute approximate surface area is 117 Å². The van der Waals surface area contributed by atoms with Crippen molar-refractivity contribution in [2.45, 2.75) is 52.5 Å². The van der Waals surface area contributed by atoms with Crippen LogP contribution in [0.1, 0.15) is 46.5 Å². The van der Waals surface area contributed by atoms with Crippen LogP contribution in [-0.4, -0.2) is 33.4 Å². The maximum Gasteiger partial charge on any atom is 0.211 e. The summed E-state index contributed by atoms with van der Waals surface area (Å²) in [5.74, 6) is 1.30. The van der Waals surface area contributed by atoms with Crippen LogP contribution in [0.25, 0.3) is 0 Å². The minimum absolute atomic E-state index is 0.146. The van der Waals surface area contributed by atoms with Crippen molar-refractivity contribution >= 4 is 10.0 Å². The number of sulfonamides is 1. The predicted molar refractivity (Wildman–Crippen MR) is 76.4 cm³/mol. The lowest BCUT2D eigenvalue weighted by atomic mass is 9.94. The highest BCUT2D eigenvalue weighted by Crippen LogP contribution is 2.51. The van der Waals surface area contributed by atoms with E-state index in [1.807, 2.05) is 0 Å². The fourth-order valence-electron chi connectivity index (χ4n) is 2.83. The molecule has 1 aliphatic carbocycles. The first-order valence-electron chi connectivity index (χ1n) is 7.41. The van der Waals surface area contributed by atoms with E-state index in [2.05, 4.69) is 25.5 Å². The van der Waals surface area contributed by atoms with Gasteiger partial charge in [0.05, 0.1) is 5.75 Å². The Bertz CT molecular complexity index is 401. The maximum absolute atomic E-state index is 12.1. The summed E-state index contributed by atoms with van der Waals surface area (Å²) in [6.07, 6.45) is 3.75. The van der Waals surface area contributed by atoms with Crippen molar-refractivity contribution in [3.63, 3.8) is 0 Å². The van der Waals surface area contributed by atoms with Crippen LogP contribution in [0.5, 0.6) is 0 Å². The van der Waals surface area contributed by atoms with Crippen LogP contribution < -0.4 is 4.72 Å². The van der Waals surface area contributed by atoms with Crippen molar-refractivity contribution in [1.82, 2.24) is 4.72 Å². The van der Waals surface area contributed by atoms with Gasteiger partial charge in [-0.2, -0.15) is 0 Å². The lowest BCUT2D eigenvalue weighted by Crippen LogP contribution is -2.33. The molecule has 0 spiro atoms. The third-order valence-corrected chi connectivity index (χ3v) is 6.47. The molecule has 0 aromatic carbocycles. The first kappa shape index (κ1) is 15.3. The Hall–Kier alpha value is -0.130. The minimum atomic E-state index is -3.11. The molecule has 2 atom stereocenters. The summed E-state index contributed by atoms with van der Waals surface area (Å²) < 4.78 is 32.4. The van der Waals surface area contributed by atoms with Gasteiger partial charge < -0.3 is 4.74 Å². The highest BCUT2D eigenvalue weighted by Gasteiger charge is 2.53. The summed E-state index contributed by atoms with van der Waals surface area (Å²) in [7, 11) is -3.11. The van der Waals surface area contributed by atoms with Gasteiger partial charge in [0.1, 0.15) is 0 Å². The Kier molecular flexibility index (Phi) is 4.58. The zero-order valence-electron chi connectivity index (χ0n) is 12.3. The summed E-state index contributed by atoms with van der Waals surface area (Å²) in [5.41, 5.74) is 0.158. The molecule has 0 aromatic rings. The first-order chi connectivity index (χ1) is 8.83. The van der Waals surface area contributed by atoms with Gasteiger partial charge >= 0.3 is 0 Å². The van der Waals surface area contributed by atoms with Gasteiger partial charge in [-0.1, -0.05) is 20.8 Å². The Morgan fingerprint density at radius 3 is 2.47 bits per heavy atom. The van der Waals surface area contributed by atoms with Crippen LogP contribution in [0, 0.1) is 17.3 Å². The van der Waals surface area contributed by atoms with Crippen molar-refractivity contribution in [1.29, 1.82) is 0 Å². The molecular weight excluding hydrogens is 262 g/mol. The van der Waals surface area contributed by atoms with E-state index in [0.717, 1.165) is 38.9 Å². The molecule has 4 nitrogen and oxygen atoms in total. The first-order valence-corrected chi connectivity index (χ1v) is 9.06. The predicted octanol–water partition coefficient (Wildman–Crippen LogP) is 2.16. The van der Waals surface area contributed by atoms with E-state index in [9.17, 15) is 8.42 Å². The molecule has 0 aromatic heterocycles. The Morgan fingerprint density at radius 1 is 1.32 bits per heavy atom. The molecule has 5 heteroatoms. The molecular formula is C14H27NO3S. The molecule has 19 heavy (non-hydrogen) atoms. The third kappa shape index (κ3) is 3.92. The molecule has 1 saturated heterocycles. The maximum atomic E-state index is 12.1. The number of nitrogens with one attached hydrogen (secondary N) is 1. The second-order valence-corrected chi connectivity index (χ2v) is 8.57.